The second-order valence-electron chi connectivity index (χ2n) is 4.05. The van der Waals surface area contributed by atoms with Crippen molar-refractivity contribution in [1.82, 2.24) is 9.97 Å². The third-order valence-electron chi connectivity index (χ3n) is 2.67. The predicted octanol–water partition coefficient (Wildman–Crippen LogP) is 4.68. The lowest BCUT2D eigenvalue weighted by Crippen LogP contribution is -2.04. The van der Waals surface area contributed by atoms with Gasteiger partial charge >= 0.3 is 0 Å². The number of halogens is 3. The second-order valence-corrected chi connectivity index (χ2v) is 5.20. The van der Waals surface area contributed by atoms with Gasteiger partial charge in [-0.15, -0.1) is 0 Å². The van der Waals surface area contributed by atoms with E-state index in [1.54, 1.807) is 12.1 Å². The minimum Gasteiger partial charge on any atom is -0.381 e. The summed E-state index contributed by atoms with van der Waals surface area (Å²) < 4.78 is 5.26. The fraction of sp³-hybridized carbons (Fsp3) is 0.286. The fourth-order valence-corrected chi connectivity index (χ4v) is 2.49. The van der Waals surface area contributed by atoms with Crippen molar-refractivity contribution in [3.8, 4) is 11.1 Å². The van der Waals surface area contributed by atoms with Crippen LogP contribution in [0.4, 0.5) is 0 Å². The molecule has 0 atom stereocenters. The van der Waals surface area contributed by atoms with Crippen LogP contribution in [0.25, 0.3) is 11.1 Å². The van der Waals surface area contributed by atoms with Gasteiger partial charge in [0.15, 0.2) is 0 Å². The molecular formula is C14H13Cl3N2O. The van der Waals surface area contributed by atoms with Gasteiger partial charge in [0.25, 0.3) is 0 Å². The van der Waals surface area contributed by atoms with Gasteiger partial charge in [-0.2, -0.15) is 0 Å². The summed E-state index contributed by atoms with van der Waals surface area (Å²) in [5.74, 6) is 0.575. The van der Waals surface area contributed by atoms with Crippen molar-refractivity contribution in [2.24, 2.45) is 0 Å². The average Bonchev–Trinajstić information content (AvgIpc) is 2.40. The second kappa shape index (κ2) is 7.23. The number of ether oxygens (including phenoxy) is 1. The Morgan fingerprint density at radius 3 is 2.15 bits per heavy atom. The van der Waals surface area contributed by atoms with Gasteiger partial charge in [-0.3, -0.25) is 0 Å². The van der Waals surface area contributed by atoms with Crippen LogP contribution in [0.2, 0.25) is 15.3 Å². The van der Waals surface area contributed by atoms with E-state index in [-0.39, 0.29) is 0 Å². The van der Waals surface area contributed by atoms with Crippen LogP contribution in [0.15, 0.2) is 24.3 Å². The molecule has 0 saturated heterocycles. The molecule has 2 rings (SSSR count). The molecule has 0 N–H and O–H groups in total. The van der Waals surface area contributed by atoms with Crippen molar-refractivity contribution in [3.05, 3.63) is 45.4 Å². The van der Waals surface area contributed by atoms with Crippen molar-refractivity contribution in [1.29, 1.82) is 0 Å². The highest BCUT2D eigenvalue weighted by atomic mass is 35.5. The van der Waals surface area contributed by atoms with E-state index in [0.29, 0.717) is 46.4 Å². The largest absolute Gasteiger partial charge is 0.381 e. The molecule has 0 fully saturated rings. The van der Waals surface area contributed by atoms with Crippen LogP contribution in [-0.2, 0) is 11.2 Å². The van der Waals surface area contributed by atoms with Crippen LogP contribution >= 0.6 is 34.8 Å². The zero-order valence-electron chi connectivity index (χ0n) is 10.9. The minimum absolute atomic E-state index is 0.332. The van der Waals surface area contributed by atoms with E-state index < -0.39 is 0 Å². The Morgan fingerprint density at radius 2 is 1.60 bits per heavy atom. The maximum atomic E-state index is 6.21. The van der Waals surface area contributed by atoms with Crippen LogP contribution in [0, 0.1) is 0 Å². The molecule has 1 aromatic heterocycles. The highest BCUT2D eigenvalue weighted by Crippen LogP contribution is 2.32. The number of rotatable bonds is 5. The zero-order chi connectivity index (χ0) is 14.5. The van der Waals surface area contributed by atoms with Crippen LogP contribution in [0.1, 0.15) is 12.7 Å². The van der Waals surface area contributed by atoms with E-state index in [0.717, 1.165) is 5.56 Å². The van der Waals surface area contributed by atoms with Gasteiger partial charge in [0.05, 0.1) is 12.2 Å². The molecule has 1 heterocycles. The molecule has 0 bridgehead atoms. The van der Waals surface area contributed by atoms with Crippen LogP contribution < -0.4 is 0 Å². The molecule has 0 aliphatic heterocycles. The molecule has 0 aliphatic carbocycles. The topological polar surface area (TPSA) is 35.0 Å². The van der Waals surface area contributed by atoms with Crippen molar-refractivity contribution in [2.75, 3.05) is 13.2 Å². The maximum absolute atomic E-state index is 6.21. The molecule has 3 nitrogen and oxygen atoms in total. The Morgan fingerprint density at radius 1 is 1.00 bits per heavy atom. The molecule has 0 aliphatic rings. The highest BCUT2D eigenvalue weighted by Gasteiger charge is 2.13. The van der Waals surface area contributed by atoms with E-state index >= 15 is 0 Å². The molecule has 1 aromatic carbocycles. The lowest BCUT2D eigenvalue weighted by atomic mass is 10.1. The summed E-state index contributed by atoms with van der Waals surface area (Å²) in [6, 6.07) is 7.20. The van der Waals surface area contributed by atoms with Gasteiger partial charge < -0.3 is 4.74 Å². The third kappa shape index (κ3) is 3.83. The van der Waals surface area contributed by atoms with Crippen LogP contribution in [0.5, 0.6) is 0 Å². The molecule has 0 spiro atoms. The van der Waals surface area contributed by atoms with E-state index in [9.17, 15) is 0 Å². The van der Waals surface area contributed by atoms with E-state index in [1.165, 1.54) is 0 Å². The van der Waals surface area contributed by atoms with E-state index in [2.05, 4.69) is 9.97 Å². The molecule has 0 saturated carbocycles. The number of benzene rings is 1. The summed E-state index contributed by atoms with van der Waals surface area (Å²) in [5, 5.41) is 1.31. The number of aromatic nitrogens is 2. The minimum atomic E-state index is 0.332. The van der Waals surface area contributed by atoms with Crippen molar-refractivity contribution in [3.63, 3.8) is 0 Å². The molecule has 0 unspecified atom stereocenters. The Hall–Kier alpha value is -0.870. The van der Waals surface area contributed by atoms with E-state index in [4.69, 9.17) is 39.5 Å². The molecule has 0 radical (unpaired) electrons. The Balaban J connectivity index is 2.29. The van der Waals surface area contributed by atoms with Gasteiger partial charge in [0.1, 0.15) is 16.1 Å². The monoisotopic (exact) mass is 330 g/mol. The first-order chi connectivity index (χ1) is 9.61. The predicted molar refractivity (Wildman–Crippen MR) is 82.7 cm³/mol. The Labute approximate surface area is 132 Å². The van der Waals surface area contributed by atoms with Crippen molar-refractivity contribution < 1.29 is 4.74 Å². The highest BCUT2D eigenvalue weighted by molar-refractivity contribution is 6.37. The summed E-state index contributed by atoms with van der Waals surface area (Å²) in [7, 11) is 0. The standard InChI is InChI=1S/C14H13Cl3N2O/c1-2-20-8-7-11-18-13(16)12(14(17)19-11)9-3-5-10(15)6-4-9/h3-6H,2,7-8H2,1H3. The number of hydrogen-bond donors (Lipinski definition) is 0. The molecule has 106 valence electrons. The molecule has 20 heavy (non-hydrogen) atoms. The summed E-state index contributed by atoms with van der Waals surface area (Å²) in [6.07, 6.45) is 0.578. The first-order valence-corrected chi connectivity index (χ1v) is 7.30. The van der Waals surface area contributed by atoms with Crippen molar-refractivity contribution >= 4 is 34.8 Å². The van der Waals surface area contributed by atoms with Gasteiger partial charge in [-0.1, -0.05) is 46.9 Å². The smallest absolute Gasteiger partial charge is 0.142 e. The number of nitrogens with zero attached hydrogens (tertiary/aromatic N) is 2. The first kappa shape index (κ1) is 15.5. The van der Waals surface area contributed by atoms with Crippen LogP contribution in [0.3, 0.4) is 0 Å². The number of hydrogen-bond acceptors (Lipinski definition) is 3. The third-order valence-corrected chi connectivity index (χ3v) is 3.47. The SMILES string of the molecule is CCOCCc1nc(Cl)c(-c2ccc(Cl)cc2)c(Cl)n1. The normalized spacial score (nSPS) is 10.8. The van der Waals surface area contributed by atoms with Gasteiger partial charge in [-0.05, 0) is 24.6 Å². The first-order valence-electron chi connectivity index (χ1n) is 6.17. The maximum Gasteiger partial charge on any atom is 0.142 e. The van der Waals surface area contributed by atoms with Crippen molar-refractivity contribution in [2.45, 2.75) is 13.3 Å². The molecule has 0 amide bonds. The zero-order valence-corrected chi connectivity index (χ0v) is 13.1. The van der Waals surface area contributed by atoms with Gasteiger partial charge in [-0.25, -0.2) is 9.97 Å². The molecule has 6 heteroatoms. The van der Waals surface area contributed by atoms with Crippen LogP contribution in [-0.4, -0.2) is 23.2 Å². The van der Waals surface area contributed by atoms with Gasteiger partial charge in [0.2, 0.25) is 0 Å². The summed E-state index contributed by atoms with van der Waals surface area (Å²) in [4.78, 5) is 8.52. The Bertz CT molecular complexity index is 564. The quantitative estimate of drug-likeness (QED) is 0.589. The van der Waals surface area contributed by atoms with Gasteiger partial charge in [0, 0.05) is 18.1 Å². The summed E-state index contributed by atoms with van der Waals surface area (Å²) in [5.41, 5.74) is 1.45. The lowest BCUT2D eigenvalue weighted by molar-refractivity contribution is 0.149. The lowest BCUT2D eigenvalue weighted by Gasteiger charge is -2.08. The fourth-order valence-electron chi connectivity index (χ4n) is 1.72. The summed E-state index contributed by atoms with van der Waals surface area (Å²) >= 11 is 18.3. The summed E-state index contributed by atoms with van der Waals surface area (Å²) in [6.45, 7) is 3.14. The Kier molecular flexibility index (Phi) is 5.61. The average molecular weight is 332 g/mol. The molecule has 2 aromatic rings. The van der Waals surface area contributed by atoms with E-state index in [1.807, 2.05) is 19.1 Å². The molecular weight excluding hydrogens is 319 g/mol.